The highest BCUT2D eigenvalue weighted by atomic mass is 16.5. The highest BCUT2D eigenvalue weighted by Gasteiger charge is 2.33. The van der Waals surface area contributed by atoms with E-state index in [1.165, 1.54) is 0 Å². The first-order valence-corrected chi connectivity index (χ1v) is 10.7. The van der Waals surface area contributed by atoms with E-state index in [4.69, 9.17) is 4.52 Å². The zero-order valence-corrected chi connectivity index (χ0v) is 17.6. The monoisotopic (exact) mass is 425 g/mol. The second-order valence-corrected chi connectivity index (χ2v) is 7.53. The van der Waals surface area contributed by atoms with Gasteiger partial charge in [-0.1, -0.05) is 17.3 Å². The highest BCUT2D eigenvalue weighted by Crippen LogP contribution is 2.30. The highest BCUT2D eigenvalue weighted by molar-refractivity contribution is 5.76. The van der Waals surface area contributed by atoms with Gasteiger partial charge in [0.1, 0.15) is 5.82 Å². The number of H-pyrrole nitrogens is 1. The molecule has 1 atom stereocenters. The smallest absolute Gasteiger partial charge is 0.318 e. The molecule has 3 N–H and O–H groups in total. The molecule has 3 heterocycles. The summed E-state index contributed by atoms with van der Waals surface area (Å²) in [4.78, 5) is 38.2. The van der Waals surface area contributed by atoms with Crippen LogP contribution in [0.5, 0.6) is 0 Å². The fraction of sp³-hybridized carbons (Fsp3) is 0.476. The van der Waals surface area contributed by atoms with Crippen molar-refractivity contribution < 1.29 is 14.1 Å². The number of rotatable bonds is 8. The number of aromatic nitrogens is 4. The lowest BCUT2D eigenvalue weighted by atomic mass is 10.2. The number of carbonyl (C=O) groups excluding carboxylic acids is 2. The minimum Gasteiger partial charge on any atom is -0.356 e. The number of amides is 3. The van der Waals surface area contributed by atoms with E-state index >= 15 is 0 Å². The van der Waals surface area contributed by atoms with Crippen LogP contribution in [0.25, 0.3) is 11.0 Å². The molecule has 1 aromatic carbocycles. The predicted octanol–water partition coefficient (Wildman–Crippen LogP) is 2.10. The maximum atomic E-state index is 12.2. The molecule has 10 heteroatoms. The van der Waals surface area contributed by atoms with E-state index in [9.17, 15) is 9.59 Å². The molecule has 1 saturated heterocycles. The van der Waals surface area contributed by atoms with Crippen LogP contribution in [0.15, 0.2) is 28.8 Å². The first kappa shape index (κ1) is 20.8. The number of carbonyl (C=O) groups is 2. The quantitative estimate of drug-likeness (QED) is 0.507. The van der Waals surface area contributed by atoms with Gasteiger partial charge < -0.3 is 25.0 Å². The van der Waals surface area contributed by atoms with Crippen LogP contribution in [0.3, 0.4) is 0 Å². The topological polar surface area (TPSA) is 129 Å². The fourth-order valence-corrected chi connectivity index (χ4v) is 3.79. The summed E-state index contributed by atoms with van der Waals surface area (Å²) in [5.74, 6) is 1.67. The fourth-order valence-electron chi connectivity index (χ4n) is 3.79. The van der Waals surface area contributed by atoms with E-state index in [0.717, 1.165) is 29.7 Å². The number of aryl methyl sites for hydroxylation is 1. The first-order chi connectivity index (χ1) is 15.1. The first-order valence-electron chi connectivity index (χ1n) is 10.7. The molecule has 10 nitrogen and oxygen atoms in total. The standard InChI is InChI=1S/C21H27N7O3/c1-2-22-21(30)28-13-5-8-16(28)20-26-19(31-27-20)10-9-18(29)23-12-11-17-24-14-6-3-4-7-15(14)25-17/h3-4,6-7,16H,2,5,8-13H2,1H3,(H,22,30)(H,23,29)(H,24,25). The predicted molar refractivity (Wildman–Crippen MR) is 113 cm³/mol. The summed E-state index contributed by atoms with van der Waals surface area (Å²) in [6.45, 7) is 3.63. The zero-order valence-electron chi connectivity index (χ0n) is 17.6. The number of fused-ring (bicyclic) bond motifs is 1. The molecule has 164 valence electrons. The van der Waals surface area contributed by atoms with Gasteiger partial charge in [0.2, 0.25) is 11.8 Å². The van der Waals surface area contributed by atoms with Crippen LogP contribution in [0.4, 0.5) is 4.79 Å². The Bertz CT molecular complexity index is 1010. The summed E-state index contributed by atoms with van der Waals surface area (Å²) in [5, 5.41) is 9.75. The largest absolute Gasteiger partial charge is 0.356 e. The van der Waals surface area contributed by atoms with Crippen molar-refractivity contribution in [3.63, 3.8) is 0 Å². The van der Waals surface area contributed by atoms with E-state index in [0.29, 0.717) is 44.2 Å². The number of benzene rings is 1. The van der Waals surface area contributed by atoms with Gasteiger partial charge in [-0.25, -0.2) is 9.78 Å². The lowest BCUT2D eigenvalue weighted by Gasteiger charge is -2.22. The van der Waals surface area contributed by atoms with Crippen LogP contribution in [-0.2, 0) is 17.6 Å². The summed E-state index contributed by atoms with van der Waals surface area (Å²) in [6, 6.07) is 7.54. The van der Waals surface area contributed by atoms with E-state index in [1.807, 2.05) is 31.2 Å². The summed E-state index contributed by atoms with van der Waals surface area (Å²) >= 11 is 0. The van der Waals surface area contributed by atoms with Crippen LogP contribution >= 0.6 is 0 Å². The average Bonchev–Trinajstić information content (AvgIpc) is 3.50. The molecule has 31 heavy (non-hydrogen) atoms. The Morgan fingerprint density at radius 3 is 2.94 bits per heavy atom. The van der Waals surface area contributed by atoms with Crippen molar-refractivity contribution in [2.24, 2.45) is 0 Å². The third kappa shape index (κ3) is 5.01. The van der Waals surface area contributed by atoms with Gasteiger partial charge in [0.25, 0.3) is 0 Å². The molecule has 1 aliphatic rings. The molecular weight excluding hydrogens is 398 g/mol. The second-order valence-electron chi connectivity index (χ2n) is 7.53. The lowest BCUT2D eigenvalue weighted by molar-refractivity contribution is -0.121. The van der Waals surface area contributed by atoms with E-state index in [1.54, 1.807) is 4.90 Å². The Morgan fingerprint density at radius 2 is 2.10 bits per heavy atom. The van der Waals surface area contributed by atoms with Gasteiger partial charge in [-0.05, 0) is 31.9 Å². The number of likely N-dealkylation sites (tertiary alicyclic amines) is 1. The normalized spacial score (nSPS) is 16.0. The van der Waals surface area contributed by atoms with Gasteiger partial charge in [0.15, 0.2) is 5.82 Å². The number of hydrogen-bond donors (Lipinski definition) is 3. The number of nitrogens with zero attached hydrogens (tertiary/aromatic N) is 4. The number of hydrogen-bond acceptors (Lipinski definition) is 6. The number of aromatic amines is 1. The van der Waals surface area contributed by atoms with E-state index < -0.39 is 0 Å². The van der Waals surface area contributed by atoms with Gasteiger partial charge in [-0.15, -0.1) is 0 Å². The minimum absolute atomic E-state index is 0.0827. The zero-order chi connectivity index (χ0) is 21.6. The molecule has 0 spiro atoms. The van der Waals surface area contributed by atoms with Crippen molar-refractivity contribution in [2.75, 3.05) is 19.6 Å². The Kier molecular flexibility index (Phi) is 6.44. The van der Waals surface area contributed by atoms with Gasteiger partial charge in [-0.2, -0.15) is 4.98 Å². The van der Waals surface area contributed by atoms with Crippen molar-refractivity contribution in [1.82, 2.24) is 35.6 Å². The molecule has 0 aliphatic carbocycles. The maximum Gasteiger partial charge on any atom is 0.318 e. The van der Waals surface area contributed by atoms with Crippen LogP contribution in [-0.4, -0.2) is 56.6 Å². The molecule has 1 aliphatic heterocycles. The molecule has 3 aromatic rings. The van der Waals surface area contributed by atoms with Crippen molar-refractivity contribution in [3.05, 3.63) is 41.8 Å². The Balaban J connectivity index is 1.22. The molecular formula is C21H27N7O3. The maximum absolute atomic E-state index is 12.2. The lowest BCUT2D eigenvalue weighted by Crippen LogP contribution is -2.39. The summed E-state index contributed by atoms with van der Waals surface area (Å²) in [7, 11) is 0. The van der Waals surface area contributed by atoms with Crippen molar-refractivity contribution >= 4 is 23.0 Å². The molecule has 1 unspecified atom stereocenters. The third-order valence-electron chi connectivity index (χ3n) is 5.31. The number of para-hydroxylation sites is 2. The van der Waals surface area contributed by atoms with Gasteiger partial charge >= 0.3 is 6.03 Å². The molecule has 0 radical (unpaired) electrons. The van der Waals surface area contributed by atoms with Crippen LogP contribution < -0.4 is 10.6 Å². The van der Waals surface area contributed by atoms with Gasteiger partial charge in [0.05, 0.1) is 17.1 Å². The van der Waals surface area contributed by atoms with Crippen molar-refractivity contribution in [1.29, 1.82) is 0 Å². The van der Waals surface area contributed by atoms with Gasteiger partial charge in [0, 0.05) is 38.9 Å². The molecule has 1 fully saturated rings. The Hall–Kier alpha value is -3.43. The molecule has 0 saturated carbocycles. The van der Waals surface area contributed by atoms with Gasteiger partial charge in [-0.3, -0.25) is 4.79 Å². The molecule has 2 aromatic heterocycles. The summed E-state index contributed by atoms with van der Waals surface area (Å²) < 4.78 is 5.31. The SMILES string of the molecule is CCNC(=O)N1CCCC1c1noc(CCC(=O)NCCc2nc3ccccc3[nH]2)n1. The van der Waals surface area contributed by atoms with Crippen molar-refractivity contribution in [3.8, 4) is 0 Å². The van der Waals surface area contributed by atoms with E-state index in [2.05, 4.69) is 30.7 Å². The molecule has 0 bridgehead atoms. The number of imidazole rings is 1. The van der Waals surface area contributed by atoms with Crippen molar-refractivity contribution in [2.45, 2.75) is 45.1 Å². The van der Waals surface area contributed by atoms with E-state index in [-0.39, 0.29) is 24.4 Å². The van der Waals surface area contributed by atoms with Crippen LogP contribution in [0.2, 0.25) is 0 Å². The minimum atomic E-state index is -0.179. The summed E-state index contributed by atoms with van der Waals surface area (Å²) in [6.07, 6.45) is 2.95. The van der Waals surface area contributed by atoms with Crippen LogP contribution in [0, 0.1) is 0 Å². The van der Waals surface area contributed by atoms with Crippen LogP contribution in [0.1, 0.15) is 49.8 Å². The number of nitrogens with one attached hydrogen (secondary N) is 3. The Morgan fingerprint density at radius 1 is 1.23 bits per heavy atom. The molecule has 3 amide bonds. The molecule has 4 rings (SSSR count). The average molecular weight is 425 g/mol. The number of urea groups is 1. The Labute approximate surface area is 179 Å². The second kappa shape index (κ2) is 9.59. The summed E-state index contributed by atoms with van der Waals surface area (Å²) in [5.41, 5.74) is 1.91. The third-order valence-corrected chi connectivity index (χ3v) is 5.31.